The van der Waals surface area contributed by atoms with Crippen molar-refractivity contribution in [2.45, 2.75) is 18.3 Å². The zero-order chi connectivity index (χ0) is 25.4. The number of nitrogens with one attached hydrogen (secondary N) is 1. The van der Waals surface area contributed by atoms with E-state index in [0.717, 1.165) is 0 Å². The molecule has 0 aliphatic carbocycles. The zero-order valence-corrected chi connectivity index (χ0v) is 17.2. The number of ketones is 1. The highest BCUT2D eigenvalue weighted by Crippen LogP contribution is 2.21. The van der Waals surface area contributed by atoms with E-state index in [4.69, 9.17) is 10.6 Å². The third kappa shape index (κ3) is 6.54. The number of para-hydroxylation sites is 1. The van der Waals surface area contributed by atoms with E-state index in [0.29, 0.717) is 5.56 Å². The second-order valence-corrected chi connectivity index (χ2v) is 6.56. The van der Waals surface area contributed by atoms with Crippen molar-refractivity contribution in [2.75, 3.05) is 6.61 Å². The van der Waals surface area contributed by atoms with Crippen molar-refractivity contribution in [1.82, 2.24) is 5.32 Å². The number of carbonyl (C=O) groups is 4. The Kier molecular flexibility index (Phi) is 8.31. The highest BCUT2D eigenvalue weighted by Gasteiger charge is 2.50. The Balaban J connectivity index is 2.33. The Morgan fingerprint density at radius 1 is 1.03 bits per heavy atom. The molecule has 0 saturated carbocycles. The monoisotopic (exact) mass is 481 g/mol. The molecule has 0 radical (unpaired) electrons. The van der Waals surface area contributed by atoms with Crippen LogP contribution < -0.4 is 15.9 Å². The molecule has 0 aliphatic rings. The maximum atomic E-state index is 12.8. The van der Waals surface area contributed by atoms with E-state index in [2.05, 4.69) is 9.84 Å². The minimum absolute atomic E-state index is 0.0762. The first kappa shape index (κ1) is 25.8. The number of carboxylic acid groups (broad SMARTS) is 1. The highest BCUT2D eigenvalue weighted by molar-refractivity contribution is 6.11. The fourth-order valence-electron chi connectivity index (χ4n) is 2.57. The number of alkyl halides is 3. The van der Waals surface area contributed by atoms with Gasteiger partial charge in [0.15, 0.2) is 0 Å². The number of nitrogens with two attached hydrogens (primary N) is 1. The van der Waals surface area contributed by atoms with E-state index in [1.165, 1.54) is 54.7 Å². The summed E-state index contributed by atoms with van der Waals surface area (Å²) in [6.45, 7) is -1.10. The molecule has 2 aromatic rings. The van der Waals surface area contributed by atoms with Crippen LogP contribution >= 0.6 is 0 Å². The molecule has 13 heteroatoms. The molecule has 0 bridgehead atoms. The lowest BCUT2D eigenvalue weighted by Gasteiger charge is -2.29. The number of hydrogen-bond donors (Lipinski definition) is 3. The fourth-order valence-corrected chi connectivity index (χ4v) is 2.57. The first-order valence-electron chi connectivity index (χ1n) is 9.40. The number of hydrazone groups is 1. The molecular formula is C21H18F3N3O7. The van der Waals surface area contributed by atoms with Gasteiger partial charge in [0.1, 0.15) is 5.75 Å². The third-order valence-electron chi connectivity index (χ3n) is 4.19. The Hall–Kier alpha value is -4.42. The lowest BCUT2D eigenvalue weighted by molar-refractivity contribution is -0.200. The first-order chi connectivity index (χ1) is 16.0. The molecule has 180 valence electrons. The summed E-state index contributed by atoms with van der Waals surface area (Å²) in [7, 11) is 0. The molecule has 34 heavy (non-hydrogen) atoms. The van der Waals surface area contributed by atoms with E-state index in [1.54, 1.807) is 6.07 Å². The number of amides is 1. The number of esters is 1. The highest BCUT2D eigenvalue weighted by atomic mass is 19.4. The van der Waals surface area contributed by atoms with Crippen LogP contribution in [0.2, 0.25) is 0 Å². The number of hydrogen-bond acceptors (Lipinski definition) is 8. The molecule has 1 atom stereocenters. The molecule has 1 unspecified atom stereocenters. The van der Waals surface area contributed by atoms with Crippen LogP contribution in [0.1, 0.15) is 22.3 Å². The van der Waals surface area contributed by atoms with Crippen LogP contribution in [-0.2, 0) is 19.1 Å². The zero-order valence-electron chi connectivity index (χ0n) is 17.2. The molecule has 2 rings (SSSR count). The summed E-state index contributed by atoms with van der Waals surface area (Å²) >= 11 is 0. The van der Waals surface area contributed by atoms with Gasteiger partial charge in [0.25, 0.3) is 5.91 Å². The summed E-state index contributed by atoms with van der Waals surface area (Å²) in [5, 5.41) is 15.1. The van der Waals surface area contributed by atoms with Gasteiger partial charge in [0, 0.05) is 12.0 Å². The number of rotatable bonds is 10. The van der Waals surface area contributed by atoms with E-state index in [1.807, 2.05) is 5.32 Å². The maximum absolute atomic E-state index is 12.8. The van der Waals surface area contributed by atoms with Crippen LogP contribution in [-0.4, -0.2) is 53.5 Å². The van der Waals surface area contributed by atoms with E-state index in [-0.39, 0.29) is 11.3 Å². The summed E-state index contributed by atoms with van der Waals surface area (Å²) in [5.41, 5.74) is -2.60. The van der Waals surface area contributed by atoms with Gasteiger partial charge in [0.05, 0.1) is 12.8 Å². The molecule has 2 aromatic carbocycles. The SMILES string of the molecule is NN=Cc1ccc(C(=O)NC(Oc2ccccc2)(C(=O)O)C(=O)CCOC(=O)C(F)(F)F)cc1. The van der Waals surface area contributed by atoms with Gasteiger partial charge >= 0.3 is 23.8 Å². The molecule has 4 N–H and O–H groups in total. The number of nitrogens with zero attached hydrogens (tertiary/aromatic N) is 1. The minimum atomic E-state index is -5.30. The standard InChI is InChI=1S/C21H18F3N3O7/c22-21(23,24)19(32)33-11-10-16(28)20(18(30)31,34-15-4-2-1-3-5-15)27-17(29)14-8-6-13(7-9-14)12-26-25/h1-9,12H,10-11,25H2,(H,27,29)(H,30,31). The van der Waals surface area contributed by atoms with Crippen LogP contribution in [0.4, 0.5) is 13.2 Å². The number of benzene rings is 2. The molecular weight excluding hydrogens is 463 g/mol. The Morgan fingerprint density at radius 3 is 2.18 bits per heavy atom. The second kappa shape index (κ2) is 10.9. The molecule has 0 aromatic heterocycles. The van der Waals surface area contributed by atoms with Gasteiger partial charge in [-0.25, -0.2) is 9.59 Å². The predicted molar refractivity (Wildman–Crippen MR) is 110 cm³/mol. The van der Waals surface area contributed by atoms with Gasteiger partial charge in [-0.15, -0.1) is 0 Å². The van der Waals surface area contributed by atoms with Crippen molar-refractivity contribution in [3.63, 3.8) is 0 Å². The fraction of sp³-hybridized carbons (Fsp3) is 0.190. The second-order valence-electron chi connectivity index (χ2n) is 6.56. The molecule has 0 saturated heterocycles. The predicted octanol–water partition coefficient (Wildman–Crippen LogP) is 1.63. The summed E-state index contributed by atoms with van der Waals surface area (Å²) in [4.78, 5) is 48.6. The van der Waals surface area contributed by atoms with Crippen LogP contribution in [0.15, 0.2) is 59.7 Å². The molecule has 10 nitrogen and oxygen atoms in total. The van der Waals surface area contributed by atoms with Crippen molar-refractivity contribution in [1.29, 1.82) is 0 Å². The topological polar surface area (TPSA) is 157 Å². The summed E-state index contributed by atoms with van der Waals surface area (Å²) in [6.07, 6.45) is -5.02. The quantitative estimate of drug-likeness (QED) is 0.115. The third-order valence-corrected chi connectivity index (χ3v) is 4.19. The van der Waals surface area contributed by atoms with Crippen molar-refractivity contribution in [3.8, 4) is 5.75 Å². The summed E-state index contributed by atoms with van der Waals surface area (Å²) in [6, 6.07) is 12.5. The lowest BCUT2D eigenvalue weighted by Crippen LogP contribution is -2.64. The van der Waals surface area contributed by atoms with Crippen molar-refractivity contribution in [2.24, 2.45) is 10.9 Å². The number of carboxylic acids is 1. The smallest absolute Gasteiger partial charge is 0.476 e. The molecule has 0 spiro atoms. The largest absolute Gasteiger partial charge is 0.490 e. The molecule has 0 fully saturated rings. The van der Waals surface area contributed by atoms with Crippen LogP contribution in [0.25, 0.3) is 0 Å². The average Bonchev–Trinajstić information content (AvgIpc) is 2.79. The van der Waals surface area contributed by atoms with Crippen LogP contribution in [0.5, 0.6) is 5.75 Å². The van der Waals surface area contributed by atoms with Crippen LogP contribution in [0.3, 0.4) is 0 Å². The van der Waals surface area contributed by atoms with Gasteiger partial charge in [-0.2, -0.15) is 18.3 Å². The minimum Gasteiger partial charge on any atom is -0.476 e. The Morgan fingerprint density at radius 2 is 1.65 bits per heavy atom. The Labute approximate surface area is 190 Å². The normalized spacial score (nSPS) is 13.0. The Bertz CT molecular complexity index is 1070. The number of aliphatic carboxylic acids is 1. The lowest BCUT2D eigenvalue weighted by atomic mass is 10.0. The van der Waals surface area contributed by atoms with Gasteiger partial charge in [-0.05, 0) is 29.8 Å². The van der Waals surface area contributed by atoms with E-state index < -0.39 is 48.6 Å². The summed E-state index contributed by atoms with van der Waals surface area (Å²) < 4.78 is 46.2. The van der Waals surface area contributed by atoms with Gasteiger partial charge in [-0.1, -0.05) is 30.3 Å². The first-order valence-corrected chi connectivity index (χ1v) is 9.40. The van der Waals surface area contributed by atoms with Crippen LogP contribution in [0, 0.1) is 0 Å². The van der Waals surface area contributed by atoms with Gasteiger partial charge in [0.2, 0.25) is 5.78 Å². The van der Waals surface area contributed by atoms with Crippen molar-refractivity contribution < 1.29 is 46.9 Å². The molecule has 0 heterocycles. The van der Waals surface area contributed by atoms with Gasteiger partial charge < -0.3 is 20.4 Å². The van der Waals surface area contributed by atoms with Crippen molar-refractivity contribution >= 4 is 29.8 Å². The number of Topliss-reactive ketones (excluding diaryl/α,β-unsaturated/α-hetero) is 1. The van der Waals surface area contributed by atoms with E-state index in [9.17, 15) is 37.5 Å². The number of ether oxygens (including phenoxy) is 2. The summed E-state index contributed by atoms with van der Waals surface area (Å²) in [5.74, 6) is -2.03. The number of carbonyl (C=O) groups excluding carboxylic acids is 3. The molecule has 0 aliphatic heterocycles. The van der Waals surface area contributed by atoms with Crippen molar-refractivity contribution in [3.05, 3.63) is 65.7 Å². The maximum Gasteiger partial charge on any atom is 0.490 e. The average molecular weight is 481 g/mol. The van der Waals surface area contributed by atoms with E-state index >= 15 is 0 Å². The number of halogens is 3. The van der Waals surface area contributed by atoms with Gasteiger partial charge in [-0.3, -0.25) is 14.9 Å². The molecule has 1 amide bonds.